The first-order chi connectivity index (χ1) is 8.00. The van der Waals surface area contributed by atoms with Crippen LogP contribution in [0.15, 0.2) is 12.3 Å². The van der Waals surface area contributed by atoms with Gasteiger partial charge in [0.1, 0.15) is 0 Å². The lowest BCUT2D eigenvalue weighted by atomic mass is 9.89. The van der Waals surface area contributed by atoms with Crippen LogP contribution >= 0.6 is 0 Å². The van der Waals surface area contributed by atoms with Crippen molar-refractivity contribution in [3.05, 3.63) is 18.0 Å². The van der Waals surface area contributed by atoms with Gasteiger partial charge in [-0.05, 0) is 30.7 Å². The molecule has 1 saturated heterocycles. The van der Waals surface area contributed by atoms with E-state index in [0.29, 0.717) is 12.8 Å². The van der Waals surface area contributed by atoms with Crippen molar-refractivity contribution in [2.24, 2.45) is 18.9 Å². The molecule has 1 aromatic rings. The van der Waals surface area contributed by atoms with Crippen molar-refractivity contribution < 1.29 is 13.5 Å². The average molecular weight is 258 g/mol. The Hall–Kier alpha value is -0.880. The van der Waals surface area contributed by atoms with Crippen LogP contribution < -0.4 is 0 Å². The second-order valence-corrected chi connectivity index (χ2v) is 7.02. The van der Waals surface area contributed by atoms with E-state index in [1.54, 1.807) is 4.68 Å². The van der Waals surface area contributed by atoms with Gasteiger partial charge in [-0.15, -0.1) is 0 Å². The van der Waals surface area contributed by atoms with Crippen LogP contribution in [-0.4, -0.2) is 41.4 Å². The van der Waals surface area contributed by atoms with Crippen LogP contribution in [0.2, 0.25) is 0 Å². The third kappa shape index (κ3) is 3.07. The van der Waals surface area contributed by atoms with E-state index in [-0.39, 0.29) is 29.9 Å². The summed E-state index contributed by atoms with van der Waals surface area (Å²) in [6.07, 6.45) is 3.17. The fourth-order valence-corrected chi connectivity index (χ4v) is 4.34. The second-order valence-electron chi connectivity index (χ2n) is 4.79. The standard InChI is InChI=1S/C11H18N2O3S/c1-13-4-2-11(12-13)6-10(7-14)9-3-5-17(15,16)8-9/h2,4,9-10,14H,3,5-8H2,1H3. The molecule has 2 rings (SSSR count). The maximum absolute atomic E-state index is 11.4. The van der Waals surface area contributed by atoms with Crippen molar-refractivity contribution in [1.29, 1.82) is 0 Å². The number of rotatable bonds is 4. The predicted molar refractivity (Wildman–Crippen MR) is 64.2 cm³/mol. The SMILES string of the molecule is Cn1ccc(CC(CO)C2CCS(=O)(=O)C2)n1. The van der Waals surface area contributed by atoms with Crippen molar-refractivity contribution in [2.75, 3.05) is 18.1 Å². The van der Waals surface area contributed by atoms with E-state index in [9.17, 15) is 13.5 Å². The number of nitrogens with zero attached hydrogens (tertiary/aromatic N) is 2. The fraction of sp³-hybridized carbons (Fsp3) is 0.727. The van der Waals surface area contributed by atoms with E-state index >= 15 is 0 Å². The Morgan fingerprint density at radius 2 is 2.41 bits per heavy atom. The van der Waals surface area contributed by atoms with Gasteiger partial charge in [-0.1, -0.05) is 0 Å². The van der Waals surface area contributed by atoms with E-state index in [1.807, 2.05) is 19.3 Å². The first-order valence-electron chi connectivity index (χ1n) is 5.80. The van der Waals surface area contributed by atoms with Gasteiger partial charge in [0.05, 0.1) is 17.2 Å². The van der Waals surface area contributed by atoms with Crippen LogP contribution in [0.5, 0.6) is 0 Å². The molecule has 1 aliphatic heterocycles. The van der Waals surface area contributed by atoms with Crippen molar-refractivity contribution in [2.45, 2.75) is 12.8 Å². The number of hydrogen-bond donors (Lipinski definition) is 1. The summed E-state index contributed by atoms with van der Waals surface area (Å²) in [5.74, 6) is 0.552. The van der Waals surface area contributed by atoms with E-state index in [4.69, 9.17) is 0 Å². The molecule has 0 aromatic carbocycles. The summed E-state index contributed by atoms with van der Waals surface area (Å²) >= 11 is 0. The molecule has 96 valence electrons. The molecule has 2 unspecified atom stereocenters. The van der Waals surface area contributed by atoms with E-state index < -0.39 is 9.84 Å². The molecule has 0 amide bonds. The predicted octanol–water partition coefficient (Wildman–Crippen LogP) is 0.00580. The van der Waals surface area contributed by atoms with E-state index in [0.717, 1.165) is 5.69 Å². The number of sulfone groups is 1. The zero-order valence-electron chi connectivity index (χ0n) is 9.91. The molecular weight excluding hydrogens is 240 g/mol. The number of aliphatic hydroxyl groups is 1. The Morgan fingerprint density at radius 1 is 1.65 bits per heavy atom. The highest BCUT2D eigenvalue weighted by Gasteiger charge is 2.33. The smallest absolute Gasteiger partial charge is 0.150 e. The van der Waals surface area contributed by atoms with Crippen molar-refractivity contribution >= 4 is 9.84 Å². The second kappa shape index (κ2) is 4.78. The van der Waals surface area contributed by atoms with Crippen molar-refractivity contribution in [3.63, 3.8) is 0 Å². The lowest BCUT2D eigenvalue weighted by molar-refractivity contribution is 0.183. The van der Waals surface area contributed by atoms with Gasteiger partial charge in [0.15, 0.2) is 9.84 Å². The molecule has 0 bridgehead atoms. The van der Waals surface area contributed by atoms with Gasteiger partial charge in [0.25, 0.3) is 0 Å². The third-order valence-corrected chi connectivity index (χ3v) is 5.20. The summed E-state index contributed by atoms with van der Waals surface area (Å²) in [5.41, 5.74) is 0.913. The first-order valence-corrected chi connectivity index (χ1v) is 7.62. The van der Waals surface area contributed by atoms with Gasteiger partial charge < -0.3 is 5.11 Å². The molecule has 1 aromatic heterocycles. The van der Waals surface area contributed by atoms with Crippen LogP contribution in [0, 0.1) is 11.8 Å². The molecule has 0 radical (unpaired) electrons. The van der Waals surface area contributed by atoms with Gasteiger partial charge in [0.2, 0.25) is 0 Å². The third-order valence-electron chi connectivity index (χ3n) is 3.41. The van der Waals surface area contributed by atoms with Crippen molar-refractivity contribution in [1.82, 2.24) is 9.78 Å². The van der Waals surface area contributed by atoms with Crippen LogP contribution in [0.1, 0.15) is 12.1 Å². The molecule has 0 saturated carbocycles. The molecule has 2 atom stereocenters. The van der Waals surface area contributed by atoms with E-state index in [2.05, 4.69) is 5.10 Å². The highest BCUT2D eigenvalue weighted by molar-refractivity contribution is 7.91. The van der Waals surface area contributed by atoms with Crippen LogP contribution in [-0.2, 0) is 23.3 Å². The summed E-state index contributed by atoms with van der Waals surface area (Å²) in [7, 11) is -1.03. The minimum atomic E-state index is -2.87. The summed E-state index contributed by atoms with van der Waals surface area (Å²) in [6.45, 7) is 0.0246. The maximum Gasteiger partial charge on any atom is 0.150 e. The normalized spacial score (nSPS) is 24.9. The Morgan fingerprint density at radius 3 is 2.88 bits per heavy atom. The highest BCUT2D eigenvalue weighted by Crippen LogP contribution is 2.27. The lowest BCUT2D eigenvalue weighted by Crippen LogP contribution is -2.22. The molecule has 2 heterocycles. The summed E-state index contributed by atoms with van der Waals surface area (Å²) < 4.78 is 24.6. The average Bonchev–Trinajstić information content (AvgIpc) is 2.81. The molecule has 1 N–H and O–H groups in total. The first kappa shape index (κ1) is 12.6. The summed E-state index contributed by atoms with van der Waals surface area (Å²) in [6, 6.07) is 1.91. The topological polar surface area (TPSA) is 72.2 Å². The fourth-order valence-electron chi connectivity index (χ4n) is 2.42. The van der Waals surface area contributed by atoms with Crippen LogP contribution in [0.4, 0.5) is 0 Å². The Bertz CT molecular complexity index is 481. The van der Waals surface area contributed by atoms with Gasteiger partial charge in [-0.3, -0.25) is 4.68 Å². The Labute approximate surface area is 101 Å². The van der Waals surface area contributed by atoms with E-state index in [1.165, 1.54) is 0 Å². The van der Waals surface area contributed by atoms with Gasteiger partial charge in [-0.25, -0.2) is 8.42 Å². The quantitative estimate of drug-likeness (QED) is 0.825. The molecule has 1 aliphatic rings. The van der Waals surface area contributed by atoms with Gasteiger partial charge in [0, 0.05) is 19.9 Å². The van der Waals surface area contributed by atoms with Gasteiger partial charge in [-0.2, -0.15) is 5.10 Å². The molecule has 0 spiro atoms. The minimum absolute atomic E-state index is 0.00201. The lowest BCUT2D eigenvalue weighted by Gasteiger charge is -2.18. The molecule has 6 heteroatoms. The van der Waals surface area contributed by atoms with Crippen LogP contribution in [0.3, 0.4) is 0 Å². The monoisotopic (exact) mass is 258 g/mol. The number of aromatic nitrogens is 2. The minimum Gasteiger partial charge on any atom is -0.396 e. The van der Waals surface area contributed by atoms with Gasteiger partial charge >= 0.3 is 0 Å². The maximum atomic E-state index is 11.4. The Balaban J connectivity index is 2.02. The van der Waals surface area contributed by atoms with Crippen LogP contribution in [0.25, 0.3) is 0 Å². The zero-order chi connectivity index (χ0) is 12.5. The number of aliphatic hydroxyl groups excluding tert-OH is 1. The molecule has 1 fully saturated rings. The van der Waals surface area contributed by atoms with Crippen molar-refractivity contribution in [3.8, 4) is 0 Å². The largest absolute Gasteiger partial charge is 0.396 e. The zero-order valence-corrected chi connectivity index (χ0v) is 10.7. The molecular formula is C11H18N2O3S. The molecule has 0 aliphatic carbocycles. The summed E-state index contributed by atoms with van der Waals surface area (Å²) in [5, 5.41) is 13.7. The Kier molecular flexibility index (Phi) is 3.53. The number of aryl methyl sites for hydroxylation is 1. The number of hydrogen-bond acceptors (Lipinski definition) is 4. The highest BCUT2D eigenvalue weighted by atomic mass is 32.2. The molecule has 17 heavy (non-hydrogen) atoms. The summed E-state index contributed by atoms with van der Waals surface area (Å²) in [4.78, 5) is 0. The molecule has 5 nitrogen and oxygen atoms in total.